The Kier molecular flexibility index (Phi) is 3.89. The van der Waals surface area contributed by atoms with E-state index in [0.29, 0.717) is 5.69 Å². The van der Waals surface area contributed by atoms with Crippen LogP contribution in [0.1, 0.15) is 16.1 Å². The van der Waals surface area contributed by atoms with Crippen molar-refractivity contribution in [3.05, 3.63) is 72.6 Å². The quantitative estimate of drug-likeness (QED) is 0.699. The average Bonchev–Trinajstić information content (AvgIpc) is 3.15. The fourth-order valence-corrected chi connectivity index (χ4v) is 2.20. The minimum Gasteiger partial charge on any atom is -0.310 e. The Morgan fingerprint density at radius 2 is 2.13 bits per heavy atom. The van der Waals surface area contributed by atoms with Gasteiger partial charge in [-0.2, -0.15) is 0 Å². The number of hydrogen-bond donors (Lipinski definition) is 0. The van der Waals surface area contributed by atoms with Crippen molar-refractivity contribution >= 4 is 11.6 Å². The van der Waals surface area contributed by atoms with Crippen molar-refractivity contribution in [1.29, 1.82) is 0 Å². The first-order valence-electron chi connectivity index (χ1n) is 6.98. The third-order valence-electron chi connectivity index (χ3n) is 3.47. The molecule has 1 amide bonds. The molecule has 3 aromatic rings. The second-order valence-corrected chi connectivity index (χ2v) is 4.93. The first kappa shape index (κ1) is 14.5. The molecule has 3 rings (SSSR count). The molecular weight excluding hydrogens is 288 g/mol. The van der Waals surface area contributed by atoms with Crippen LogP contribution in [0.4, 0.5) is 5.69 Å². The van der Waals surface area contributed by atoms with Gasteiger partial charge in [-0.3, -0.25) is 9.78 Å². The Balaban J connectivity index is 1.91. The first-order chi connectivity index (χ1) is 11.2. The fourth-order valence-electron chi connectivity index (χ4n) is 2.20. The van der Waals surface area contributed by atoms with Crippen LogP contribution in [-0.2, 0) is 0 Å². The highest BCUT2D eigenvalue weighted by Crippen LogP contribution is 2.17. The average molecular weight is 302 g/mol. The largest absolute Gasteiger partial charge is 0.310 e. The smallest absolute Gasteiger partial charge is 0.276 e. The lowest BCUT2D eigenvalue weighted by Crippen LogP contribution is -2.27. The van der Waals surface area contributed by atoms with Crippen molar-refractivity contribution in [2.45, 2.75) is 0 Å². The summed E-state index contributed by atoms with van der Waals surface area (Å²) in [5.74, 6) is 2.36. The zero-order chi connectivity index (χ0) is 16.2. The Morgan fingerprint density at radius 3 is 2.87 bits per heavy atom. The number of benzene rings is 1. The summed E-state index contributed by atoms with van der Waals surface area (Å²) in [6, 6.07) is 10.8. The number of carbonyl (C=O) groups excluding carboxylic acids is 1. The second-order valence-electron chi connectivity index (χ2n) is 4.93. The van der Waals surface area contributed by atoms with E-state index in [2.05, 4.69) is 15.9 Å². The number of aromatic nitrogens is 3. The molecule has 0 N–H and O–H groups in total. The summed E-state index contributed by atoms with van der Waals surface area (Å²) in [7, 11) is 1.70. The van der Waals surface area contributed by atoms with Gasteiger partial charge in [-0.25, -0.2) is 4.98 Å². The topological polar surface area (TPSA) is 51.0 Å². The molecule has 0 aliphatic heterocycles. The third kappa shape index (κ3) is 2.97. The molecule has 5 heteroatoms. The molecule has 23 heavy (non-hydrogen) atoms. The maximum absolute atomic E-state index is 12.7. The lowest BCUT2D eigenvalue weighted by atomic mass is 10.2. The van der Waals surface area contributed by atoms with Crippen LogP contribution in [0.2, 0.25) is 0 Å². The van der Waals surface area contributed by atoms with E-state index in [1.807, 2.05) is 35.0 Å². The number of carbonyl (C=O) groups is 1. The molecule has 0 radical (unpaired) electrons. The van der Waals surface area contributed by atoms with E-state index in [1.54, 1.807) is 37.9 Å². The van der Waals surface area contributed by atoms with E-state index in [4.69, 9.17) is 6.42 Å². The molecule has 112 valence electrons. The lowest BCUT2D eigenvalue weighted by molar-refractivity contribution is 0.0988. The van der Waals surface area contributed by atoms with Crippen molar-refractivity contribution in [3.8, 4) is 18.0 Å². The van der Waals surface area contributed by atoms with Gasteiger partial charge in [0.05, 0.1) is 12.0 Å². The molecule has 0 spiro atoms. The van der Waals surface area contributed by atoms with E-state index in [9.17, 15) is 4.79 Å². The van der Waals surface area contributed by atoms with E-state index < -0.39 is 0 Å². The second kappa shape index (κ2) is 6.16. The highest BCUT2D eigenvalue weighted by atomic mass is 16.2. The third-order valence-corrected chi connectivity index (χ3v) is 3.47. The summed E-state index contributed by atoms with van der Waals surface area (Å²) >= 11 is 0. The summed E-state index contributed by atoms with van der Waals surface area (Å²) in [6.07, 6.45) is 12.2. The van der Waals surface area contributed by atoms with Crippen LogP contribution in [-0.4, -0.2) is 27.5 Å². The van der Waals surface area contributed by atoms with Crippen molar-refractivity contribution in [2.75, 3.05) is 11.9 Å². The van der Waals surface area contributed by atoms with Crippen molar-refractivity contribution in [2.24, 2.45) is 0 Å². The Bertz CT molecular complexity index is 878. The van der Waals surface area contributed by atoms with Gasteiger partial charge in [0.25, 0.3) is 5.91 Å². The molecule has 0 aliphatic rings. The molecule has 0 bridgehead atoms. The molecule has 0 saturated heterocycles. The number of anilines is 1. The van der Waals surface area contributed by atoms with Crippen LogP contribution < -0.4 is 4.90 Å². The number of amides is 1. The van der Waals surface area contributed by atoms with Gasteiger partial charge in [0, 0.05) is 36.9 Å². The standard InChI is InChI=1S/C18H14N4O/c1-3-14-5-4-6-15(11-14)21(2)18(23)17-12-16(7-8-20-17)22-10-9-19-13-22/h1,4-13H,2H3. The van der Waals surface area contributed by atoms with Crippen LogP contribution in [0.3, 0.4) is 0 Å². The van der Waals surface area contributed by atoms with Gasteiger partial charge >= 0.3 is 0 Å². The predicted molar refractivity (Wildman–Crippen MR) is 88.5 cm³/mol. The van der Waals surface area contributed by atoms with E-state index in [0.717, 1.165) is 16.9 Å². The maximum Gasteiger partial charge on any atom is 0.276 e. The number of nitrogens with zero attached hydrogens (tertiary/aromatic N) is 4. The number of pyridine rings is 1. The molecule has 2 aromatic heterocycles. The number of rotatable bonds is 3. The summed E-state index contributed by atoms with van der Waals surface area (Å²) in [4.78, 5) is 22.4. The molecule has 0 atom stereocenters. The molecule has 1 aromatic carbocycles. The Hall–Kier alpha value is -3.39. The van der Waals surface area contributed by atoms with Crippen molar-refractivity contribution in [1.82, 2.24) is 14.5 Å². The molecule has 0 saturated carbocycles. The molecule has 0 unspecified atom stereocenters. The highest BCUT2D eigenvalue weighted by Gasteiger charge is 2.15. The minimum absolute atomic E-state index is 0.207. The van der Waals surface area contributed by atoms with Crippen LogP contribution in [0.5, 0.6) is 0 Å². The van der Waals surface area contributed by atoms with E-state index >= 15 is 0 Å². The van der Waals surface area contributed by atoms with Gasteiger partial charge in [0.1, 0.15) is 5.69 Å². The van der Waals surface area contributed by atoms with Gasteiger partial charge in [0.2, 0.25) is 0 Å². The lowest BCUT2D eigenvalue weighted by Gasteiger charge is -2.17. The van der Waals surface area contributed by atoms with Crippen molar-refractivity contribution in [3.63, 3.8) is 0 Å². The predicted octanol–water partition coefficient (Wildman–Crippen LogP) is 2.53. The van der Waals surface area contributed by atoms with E-state index in [-0.39, 0.29) is 5.91 Å². The van der Waals surface area contributed by atoms with Gasteiger partial charge in [-0.1, -0.05) is 12.0 Å². The minimum atomic E-state index is -0.207. The Morgan fingerprint density at radius 1 is 1.26 bits per heavy atom. The molecule has 0 aliphatic carbocycles. The van der Waals surface area contributed by atoms with Crippen molar-refractivity contribution < 1.29 is 4.79 Å². The fraction of sp³-hybridized carbons (Fsp3) is 0.0556. The number of terminal acetylenes is 1. The maximum atomic E-state index is 12.7. The molecule has 0 fully saturated rings. The Labute approximate surface area is 134 Å². The SMILES string of the molecule is C#Cc1cccc(N(C)C(=O)c2cc(-n3ccnc3)ccn2)c1. The zero-order valence-corrected chi connectivity index (χ0v) is 12.5. The summed E-state index contributed by atoms with van der Waals surface area (Å²) in [5.41, 5.74) is 2.62. The van der Waals surface area contributed by atoms with Gasteiger partial charge in [-0.05, 0) is 30.3 Å². The highest BCUT2D eigenvalue weighted by molar-refractivity contribution is 6.04. The van der Waals surface area contributed by atoms with Gasteiger partial charge in [-0.15, -0.1) is 6.42 Å². The zero-order valence-electron chi connectivity index (χ0n) is 12.5. The number of imidazole rings is 1. The van der Waals surface area contributed by atoms with Crippen LogP contribution in [0.25, 0.3) is 5.69 Å². The van der Waals surface area contributed by atoms with Crippen LogP contribution in [0, 0.1) is 12.3 Å². The summed E-state index contributed by atoms with van der Waals surface area (Å²) in [6.45, 7) is 0. The first-order valence-corrected chi connectivity index (χ1v) is 6.98. The number of hydrogen-bond acceptors (Lipinski definition) is 3. The normalized spacial score (nSPS) is 10.1. The molecule has 2 heterocycles. The summed E-state index contributed by atoms with van der Waals surface area (Å²) < 4.78 is 1.82. The van der Waals surface area contributed by atoms with E-state index in [1.165, 1.54) is 4.90 Å². The monoisotopic (exact) mass is 302 g/mol. The van der Waals surface area contributed by atoms with Gasteiger partial charge < -0.3 is 9.47 Å². The molecule has 5 nitrogen and oxygen atoms in total. The van der Waals surface area contributed by atoms with Crippen LogP contribution >= 0.6 is 0 Å². The van der Waals surface area contributed by atoms with Gasteiger partial charge in [0.15, 0.2) is 0 Å². The van der Waals surface area contributed by atoms with Crippen LogP contribution in [0.15, 0.2) is 61.3 Å². The summed E-state index contributed by atoms with van der Waals surface area (Å²) in [5, 5.41) is 0. The molecular formula is C18H14N4O.